The van der Waals surface area contributed by atoms with Crippen molar-refractivity contribution in [3.8, 4) is 0 Å². The van der Waals surface area contributed by atoms with E-state index in [1.807, 2.05) is 11.8 Å². The average Bonchev–Trinajstić information content (AvgIpc) is 2.72. The maximum atomic E-state index is 12.2. The molecule has 1 saturated heterocycles. The van der Waals surface area contributed by atoms with Crippen molar-refractivity contribution in [2.45, 2.75) is 51.2 Å². The molecule has 0 saturated carbocycles. The lowest BCUT2D eigenvalue weighted by Crippen LogP contribution is -2.26. The van der Waals surface area contributed by atoms with Crippen molar-refractivity contribution in [1.82, 2.24) is 4.98 Å². The smallest absolute Gasteiger partial charge is 0.175 e. The molecule has 3 rings (SSSR count). The SMILES string of the molecule is CC1(C)CC(=O)c2sc(C3CCCCS3)nc2C1. The number of ketones is 1. The molecule has 1 aliphatic carbocycles. The number of thiazole rings is 1. The number of thioether (sulfide) groups is 1. The van der Waals surface area contributed by atoms with Crippen molar-refractivity contribution in [2.24, 2.45) is 5.41 Å². The van der Waals surface area contributed by atoms with Crippen LogP contribution in [0, 0.1) is 5.41 Å². The van der Waals surface area contributed by atoms with Gasteiger partial charge in [0, 0.05) is 6.42 Å². The van der Waals surface area contributed by atoms with E-state index in [-0.39, 0.29) is 5.41 Å². The number of carbonyl (C=O) groups is 1. The molecule has 0 N–H and O–H groups in total. The predicted octanol–water partition coefficient (Wildman–Crippen LogP) is 4.26. The third kappa shape index (κ3) is 2.37. The van der Waals surface area contributed by atoms with E-state index in [1.54, 1.807) is 11.3 Å². The first-order valence-corrected chi connectivity index (χ1v) is 8.56. The summed E-state index contributed by atoms with van der Waals surface area (Å²) in [5.74, 6) is 1.56. The van der Waals surface area contributed by atoms with E-state index in [9.17, 15) is 4.79 Å². The fourth-order valence-corrected chi connectivity index (χ4v) is 5.38. The lowest BCUT2D eigenvalue weighted by atomic mass is 9.78. The number of aromatic nitrogens is 1. The maximum Gasteiger partial charge on any atom is 0.175 e. The van der Waals surface area contributed by atoms with Crippen LogP contribution in [0.1, 0.15) is 65.2 Å². The standard InChI is InChI=1S/C14H19NOS2/c1-14(2)7-9-12(10(16)8-14)18-13(15-9)11-5-3-4-6-17-11/h11H,3-8H2,1-2H3. The van der Waals surface area contributed by atoms with Crippen LogP contribution in [0.3, 0.4) is 0 Å². The molecular formula is C14H19NOS2. The summed E-state index contributed by atoms with van der Waals surface area (Å²) in [6.07, 6.45) is 5.51. The molecule has 1 aromatic heterocycles. The lowest BCUT2D eigenvalue weighted by molar-refractivity contribution is 0.0916. The van der Waals surface area contributed by atoms with Gasteiger partial charge in [0.2, 0.25) is 0 Å². The Morgan fingerprint density at radius 3 is 2.83 bits per heavy atom. The fourth-order valence-electron chi connectivity index (χ4n) is 2.81. The Bertz CT molecular complexity index is 472. The normalized spacial score (nSPS) is 27.0. The van der Waals surface area contributed by atoms with Gasteiger partial charge in [-0.3, -0.25) is 4.79 Å². The van der Waals surface area contributed by atoms with Crippen LogP contribution in [-0.4, -0.2) is 16.5 Å². The average molecular weight is 281 g/mol. The molecule has 1 unspecified atom stereocenters. The quantitative estimate of drug-likeness (QED) is 0.770. The number of rotatable bonds is 1. The van der Waals surface area contributed by atoms with Gasteiger partial charge in [0.1, 0.15) is 5.01 Å². The number of hydrogen-bond acceptors (Lipinski definition) is 4. The number of nitrogens with zero attached hydrogens (tertiary/aromatic N) is 1. The first-order valence-electron chi connectivity index (χ1n) is 6.70. The van der Waals surface area contributed by atoms with E-state index in [0.29, 0.717) is 17.5 Å². The molecule has 2 aliphatic rings. The lowest BCUT2D eigenvalue weighted by Gasteiger charge is -2.26. The van der Waals surface area contributed by atoms with Crippen molar-refractivity contribution in [3.63, 3.8) is 0 Å². The first kappa shape index (κ1) is 12.7. The zero-order valence-corrected chi connectivity index (χ0v) is 12.6. The summed E-state index contributed by atoms with van der Waals surface area (Å²) in [6, 6.07) is 0. The zero-order valence-electron chi connectivity index (χ0n) is 11.0. The Kier molecular flexibility index (Phi) is 3.27. The molecule has 2 nitrogen and oxygen atoms in total. The minimum absolute atomic E-state index is 0.0924. The highest BCUT2D eigenvalue weighted by molar-refractivity contribution is 7.99. The van der Waals surface area contributed by atoms with Gasteiger partial charge in [-0.05, 0) is 30.4 Å². The van der Waals surface area contributed by atoms with E-state index >= 15 is 0 Å². The summed E-state index contributed by atoms with van der Waals surface area (Å²) >= 11 is 3.69. The van der Waals surface area contributed by atoms with Crippen LogP contribution >= 0.6 is 23.1 Å². The van der Waals surface area contributed by atoms with Gasteiger partial charge in [-0.1, -0.05) is 20.3 Å². The number of fused-ring (bicyclic) bond motifs is 1. The van der Waals surface area contributed by atoms with Crippen molar-refractivity contribution >= 4 is 28.9 Å². The highest BCUT2D eigenvalue weighted by Gasteiger charge is 2.35. The summed E-state index contributed by atoms with van der Waals surface area (Å²) in [5, 5.41) is 1.75. The summed E-state index contributed by atoms with van der Waals surface area (Å²) in [5.41, 5.74) is 1.16. The van der Waals surface area contributed by atoms with Gasteiger partial charge in [0.25, 0.3) is 0 Å². The summed E-state index contributed by atoms with van der Waals surface area (Å²) in [7, 11) is 0. The molecule has 0 spiro atoms. The minimum atomic E-state index is 0.0924. The Morgan fingerprint density at radius 1 is 1.28 bits per heavy atom. The van der Waals surface area contributed by atoms with Crippen LogP contribution in [0.15, 0.2) is 0 Å². The van der Waals surface area contributed by atoms with Gasteiger partial charge in [0.05, 0.1) is 15.8 Å². The second-order valence-corrected chi connectivity index (χ2v) is 8.47. The van der Waals surface area contributed by atoms with Crippen LogP contribution in [0.4, 0.5) is 0 Å². The molecule has 2 heterocycles. The zero-order chi connectivity index (χ0) is 12.8. The molecular weight excluding hydrogens is 262 g/mol. The Morgan fingerprint density at radius 2 is 2.11 bits per heavy atom. The number of hydrogen-bond donors (Lipinski definition) is 0. The molecule has 1 fully saturated rings. The van der Waals surface area contributed by atoms with E-state index in [1.165, 1.54) is 30.0 Å². The third-order valence-electron chi connectivity index (χ3n) is 3.71. The van der Waals surface area contributed by atoms with E-state index in [4.69, 9.17) is 4.98 Å². The second-order valence-electron chi connectivity index (χ2n) is 6.12. The van der Waals surface area contributed by atoms with Gasteiger partial charge in [-0.2, -0.15) is 11.8 Å². The highest BCUT2D eigenvalue weighted by atomic mass is 32.2. The summed E-state index contributed by atoms with van der Waals surface area (Å²) in [4.78, 5) is 17.9. The molecule has 0 aromatic carbocycles. The van der Waals surface area contributed by atoms with Gasteiger partial charge >= 0.3 is 0 Å². The third-order valence-corrected chi connectivity index (χ3v) is 6.49. The Labute approximate surface area is 117 Å². The molecule has 4 heteroatoms. The van der Waals surface area contributed by atoms with Crippen LogP contribution in [0.5, 0.6) is 0 Å². The fraction of sp³-hybridized carbons (Fsp3) is 0.714. The Balaban J connectivity index is 1.90. The van der Waals surface area contributed by atoms with E-state index in [0.717, 1.165) is 17.0 Å². The molecule has 1 aromatic rings. The summed E-state index contributed by atoms with van der Waals surface area (Å²) < 4.78 is 0. The van der Waals surface area contributed by atoms with Crippen LogP contribution in [0.25, 0.3) is 0 Å². The maximum absolute atomic E-state index is 12.2. The Hall–Kier alpha value is -0.350. The van der Waals surface area contributed by atoms with Gasteiger partial charge in [-0.25, -0.2) is 4.98 Å². The van der Waals surface area contributed by atoms with Gasteiger partial charge in [-0.15, -0.1) is 11.3 Å². The first-order chi connectivity index (χ1) is 8.55. The van der Waals surface area contributed by atoms with Crippen LogP contribution in [-0.2, 0) is 6.42 Å². The summed E-state index contributed by atoms with van der Waals surface area (Å²) in [6.45, 7) is 4.34. The van der Waals surface area contributed by atoms with Crippen molar-refractivity contribution in [1.29, 1.82) is 0 Å². The highest BCUT2D eigenvalue weighted by Crippen LogP contribution is 2.43. The van der Waals surface area contributed by atoms with E-state index < -0.39 is 0 Å². The number of Topliss-reactive ketones (excluding diaryl/α,β-unsaturated/α-hetero) is 1. The monoisotopic (exact) mass is 281 g/mol. The minimum Gasteiger partial charge on any atom is -0.293 e. The molecule has 98 valence electrons. The molecule has 0 bridgehead atoms. The molecule has 0 amide bonds. The molecule has 1 aliphatic heterocycles. The number of carbonyl (C=O) groups excluding carboxylic acids is 1. The van der Waals surface area contributed by atoms with Crippen molar-refractivity contribution in [3.05, 3.63) is 15.6 Å². The van der Waals surface area contributed by atoms with Crippen LogP contribution < -0.4 is 0 Å². The second kappa shape index (κ2) is 4.64. The van der Waals surface area contributed by atoms with Gasteiger partial charge in [0.15, 0.2) is 5.78 Å². The molecule has 1 atom stereocenters. The predicted molar refractivity (Wildman–Crippen MR) is 77.6 cm³/mol. The van der Waals surface area contributed by atoms with Crippen LogP contribution in [0.2, 0.25) is 0 Å². The van der Waals surface area contributed by atoms with Crippen molar-refractivity contribution in [2.75, 3.05) is 5.75 Å². The largest absolute Gasteiger partial charge is 0.293 e. The van der Waals surface area contributed by atoms with Crippen molar-refractivity contribution < 1.29 is 4.79 Å². The van der Waals surface area contributed by atoms with Gasteiger partial charge < -0.3 is 0 Å². The van der Waals surface area contributed by atoms with E-state index in [2.05, 4.69) is 13.8 Å². The topological polar surface area (TPSA) is 30.0 Å². The molecule has 18 heavy (non-hydrogen) atoms. The molecule has 0 radical (unpaired) electrons.